The lowest BCUT2D eigenvalue weighted by Gasteiger charge is -2.22. The Balaban J connectivity index is 0.00000361. The van der Waals surface area contributed by atoms with Gasteiger partial charge in [-0.05, 0) is 45.0 Å². The molecular formula is C21H24ClN4O7PS2. The van der Waals surface area contributed by atoms with Gasteiger partial charge in [0.2, 0.25) is 0 Å². The molecular weight excluding hydrogens is 551 g/mol. The summed E-state index contributed by atoms with van der Waals surface area (Å²) in [6.07, 6.45) is 1.34. The maximum absolute atomic E-state index is 13.4. The zero-order valence-corrected chi connectivity index (χ0v) is 22.7. The molecule has 0 aliphatic carbocycles. The van der Waals surface area contributed by atoms with Gasteiger partial charge in [0.25, 0.3) is 0 Å². The van der Waals surface area contributed by atoms with Crippen molar-refractivity contribution in [2.45, 2.75) is 30.4 Å². The van der Waals surface area contributed by atoms with Crippen LogP contribution in [0.5, 0.6) is 5.75 Å². The summed E-state index contributed by atoms with van der Waals surface area (Å²) < 4.78 is 47.6. The number of hydrogen-bond acceptors (Lipinski definition) is 10. The second-order valence-electron chi connectivity index (χ2n) is 8.49. The highest BCUT2D eigenvalue weighted by Gasteiger charge is 2.34. The molecule has 0 bridgehead atoms. The van der Waals surface area contributed by atoms with Crippen LogP contribution < -0.4 is 10.1 Å². The lowest BCUT2D eigenvalue weighted by molar-refractivity contribution is 0.159. The quantitative estimate of drug-likeness (QED) is 0.201. The van der Waals surface area contributed by atoms with E-state index < -0.39 is 29.0 Å². The lowest BCUT2D eigenvalue weighted by Crippen LogP contribution is -2.28. The number of aromatic nitrogens is 3. The van der Waals surface area contributed by atoms with E-state index in [0.29, 0.717) is 16.7 Å². The number of rotatable bonds is 8. The molecule has 36 heavy (non-hydrogen) atoms. The fraction of sp³-hybridized carbons (Fsp3) is 0.286. The van der Waals surface area contributed by atoms with Gasteiger partial charge in [-0.15, -0.1) is 23.7 Å². The van der Waals surface area contributed by atoms with Crippen LogP contribution in [0, 0.1) is 0 Å². The molecule has 0 saturated carbocycles. The van der Waals surface area contributed by atoms with Crippen molar-refractivity contribution in [1.29, 1.82) is 0 Å². The number of nitrogens with zero attached hydrogens (tertiary/aromatic N) is 3. The van der Waals surface area contributed by atoms with Gasteiger partial charge in [-0.1, -0.05) is 0 Å². The molecule has 3 N–H and O–H groups in total. The van der Waals surface area contributed by atoms with Crippen molar-refractivity contribution < 1.29 is 32.0 Å². The summed E-state index contributed by atoms with van der Waals surface area (Å²) in [5, 5.41) is 3.66. The van der Waals surface area contributed by atoms with Crippen molar-refractivity contribution in [3.05, 3.63) is 42.2 Å². The van der Waals surface area contributed by atoms with Gasteiger partial charge >= 0.3 is 7.82 Å². The minimum absolute atomic E-state index is 0. The molecule has 2 heterocycles. The number of halogens is 1. The average Bonchev–Trinajstić information content (AvgIpc) is 3.23. The number of nitrogens with one attached hydrogen (secondary N) is 1. The number of hydrogen-bond donors (Lipinski definition) is 3. The normalized spacial score (nSPS) is 12.5. The molecule has 0 unspecified atom stereocenters. The van der Waals surface area contributed by atoms with Crippen LogP contribution in [0.1, 0.15) is 20.8 Å². The maximum atomic E-state index is 13.4. The van der Waals surface area contributed by atoms with Gasteiger partial charge in [0.1, 0.15) is 29.4 Å². The summed E-state index contributed by atoms with van der Waals surface area (Å²) in [6, 6.07) is 8.57. The second-order valence-corrected chi connectivity index (χ2v) is 13.3. The van der Waals surface area contributed by atoms with Crippen LogP contribution in [0.3, 0.4) is 0 Å². The van der Waals surface area contributed by atoms with Crippen LogP contribution in [0.25, 0.3) is 21.1 Å². The minimum Gasteiger partial charge on any atom is -0.490 e. The molecule has 4 aromatic rings. The topological polar surface area (TPSA) is 161 Å². The molecule has 0 aliphatic rings. The number of phosphoric ester groups is 1. The molecule has 194 valence electrons. The number of ether oxygens (including phenoxy) is 1. The van der Waals surface area contributed by atoms with E-state index in [2.05, 4.69) is 24.8 Å². The average molecular weight is 575 g/mol. The van der Waals surface area contributed by atoms with Crippen molar-refractivity contribution >= 4 is 74.0 Å². The van der Waals surface area contributed by atoms with Crippen LogP contribution in [-0.4, -0.2) is 51.1 Å². The van der Waals surface area contributed by atoms with Gasteiger partial charge in [0.15, 0.2) is 9.84 Å². The zero-order valence-electron chi connectivity index (χ0n) is 19.4. The smallest absolute Gasteiger partial charge is 0.469 e. The number of thiazole rings is 1. The molecule has 0 aliphatic heterocycles. The zero-order chi connectivity index (χ0) is 25.4. The Morgan fingerprint density at radius 3 is 2.50 bits per heavy atom. The summed E-state index contributed by atoms with van der Waals surface area (Å²) in [6.45, 7) is 3.98. The van der Waals surface area contributed by atoms with E-state index >= 15 is 0 Å². The van der Waals surface area contributed by atoms with E-state index in [4.69, 9.17) is 14.5 Å². The van der Waals surface area contributed by atoms with Gasteiger partial charge in [0, 0.05) is 17.1 Å². The largest absolute Gasteiger partial charge is 0.490 e. The van der Waals surface area contributed by atoms with Gasteiger partial charge in [-0.2, -0.15) is 0 Å². The van der Waals surface area contributed by atoms with Gasteiger partial charge in [-0.3, -0.25) is 4.52 Å². The van der Waals surface area contributed by atoms with Crippen LogP contribution >= 0.6 is 31.6 Å². The number of phosphoric acid groups is 1. The first kappa shape index (κ1) is 28.2. The van der Waals surface area contributed by atoms with Crippen LogP contribution in [-0.2, 0) is 18.9 Å². The van der Waals surface area contributed by atoms with E-state index in [1.807, 2.05) is 18.2 Å². The van der Waals surface area contributed by atoms with Gasteiger partial charge < -0.3 is 19.8 Å². The predicted molar refractivity (Wildman–Crippen MR) is 140 cm³/mol. The Hall–Kier alpha value is -2.38. The monoisotopic (exact) mass is 574 g/mol. The first-order valence-corrected chi connectivity index (χ1v) is 14.2. The molecule has 0 spiro atoms. The molecule has 15 heteroatoms. The first-order valence-electron chi connectivity index (χ1n) is 10.3. The highest BCUT2D eigenvalue weighted by Crippen LogP contribution is 2.38. The Kier molecular flexibility index (Phi) is 8.26. The van der Waals surface area contributed by atoms with E-state index in [0.717, 1.165) is 15.9 Å². The van der Waals surface area contributed by atoms with E-state index in [1.54, 1.807) is 26.3 Å². The SMILES string of the molecule is CC(C)(C)S(=O)(=O)c1cc2c(Nc3ccc4scnc4c3)ncnc2cc1OCCOP(=O)(O)O.Cl. The summed E-state index contributed by atoms with van der Waals surface area (Å²) in [5.74, 6) is 0.390. The number of fused-ring (bicyclic) bond motifs is 2. The van der Waals surface area contributed by atoms with E-state index in [-0.39, 0.29) is 29.7 Å². The van der Waals surface area contributed by atoms with Crippen molar-refractivity contribution in [3.8, 4) is 5.75 Å². The van der Waals surface area contributed by atoms with Crippen molar-refractivity contribution in [3.63, 3.8) is 0 Å². The molecule has 0 amide bonds. The first-order chi connectivity index (χ1) is 16.3. The summed E-state index contributed by atoms with van der Waals surface area (Å²) in [7, 11) is -8.57. The molecule has 4 rings (SSSR count). The van der Waals surface area contributed by atoms with Crippen molar-refractivity contribution in [1.82, 2.24) is 15.0 Å². The van der Waals surface area contributed by atoms with E-state index in [9.17, 15) is 13.0 Å². The Labute approximate surface area is 217 Å². The Bertz CT molecular complexity index is 1550. The van der Waals surface area contributed by atoms with Gasteiger partial charge in [0.05, 0.1) is 32.6 Å². The minimum atomic E-state index is -4.68. The third kappa shape index (κ3) is 6.12. The lowest BCUT2D eigenvalue weighted by atomic mass is 10.2. The highest BCUT2D eigenvalue weighted by molar-refractivity contribution is 7.92. The number of benzene rings is 2. The van der Waals surface area contributed by atoms with E-state index in [1.165, 1.54) is 29.8 Å². The van der Waals surface area contributed by atoms with Crippen LogP contribution in [0.15, 0.2) is 47.1 Å². The molecule has 2 aromatic carbocycles. The molecule has 0 atom stereocenters. The number of sulfone groups is 1. The fourth-order valence-electron chi connectivity index (χ4n) is 3.20. The summed E-state index contributed by atoms with van der Waals surface area (Å²) >= 11 is 1.53. The Morgan fingerprint density at radius 2 is 1.81 bits per heavy atom. The highest BCUT2D eigenvalue weighted by atomic mass is 35.5. The Morgan fingerprint density at radius 1 is 1.06 bits per heavy atom. The van der Waals surface area contributed by atoms with Crippen LogP contribution in [0.4, 0.5) is 11.5 Å². The molecule has 0 saturated heterocycles. The molecule has 0 radical (unpaired) electrons. The van der Waals surface area contributed by atoms with Crippen LogP contribution in [0.2, 0.25) is 0 Å². The third-order valence-corrected chi connectivity index (χ3v) is 8.83. The summed E-state index contributed by atoms with van der Waals surface area (Å²) in [5.41, 5.74) is 3.71. The third-order valence-electron chi connectivity index (χ3n) is 4.99. The van der Waals surface area contributed by atoms with Crippen molar-refractivity contribution in [2.24, 2.45) is 0 Å². The molecule has 0 fully saturated rings. The second kappa shape index (κ2) is 10.5. The maximum Gasteiger partial charge on any atom is 0.469 e. The standard InChI is InChI=1S/C21H23N4O7PS2.ClH/c1-21(2,3)35(29,30)19-9-14-15(10-17(19)31-6-7-32-33(26,27)28)22-11-23-20(14)25-13-4-5-18-16(8-13)24-12-34-18;/h4-5,8-12H,6-7H2,1-3H3,(H,22,23,25)(H2,26,27,28);1H. The molecule has 11 nitrogen and oxygen atoms in total. The number of anilines is 2. The predicted octanol–water partition coefficient (Wildman–Crippen LogP) is 4.47. The summed E-state index contributed by atoms with van der Waals surface area (Å²) in [4.78, 5) is 30.5. The van der Waals surface area contributed by atoms with Gasteiger partial charge in [-0.25, -0.2) is 27.9 Å². The van der Waals surface area contributed by atoms with Crippen molar-refractivity contribution in [2.75, 3.05) is 18.5 Å². The fourth-order valence-corrected chi connectivity index (χ4v) is 5.48. The molecule has 2 aromatic heterocycles.